The van der Waals surface area contributed by atoms with Crippen molar-refractivity contribution in [2.24, 2.45) is 13.0 Å². The fourth-order valence-electron chi connectivity index (χ4n) is 4.50. The van der Waals surface area contributed by atoms with Gasteiger partial charge in [-0.05, 0) is 42.0 Å². The van der Waals surface area contributed by atoms with Crippen molar-refractivity contribution in [2.75, 3.05) is 11.9 Å². The first-order chi connectivity index (χ1) is 18.9. The van der Waals surface area contributed by atoms with Crippen molar-refractivity contribution in [3.63, 3.8) is 0 Å². The number of ketones is 1. The quantitative estimate of drug-likeness (QED) is 0.249. The van der Waals surface area contributed by atoms with E-state index in [9.17, 15) is 24.2 Å². The number of hydrogen-bond donors (Lipinski definition) is 3. The first-order valence-electron chi connectivity index (χ1n) is 12.3. The molecule has 0 saturated carbocycles. The number of carbonyl (C=O) groups excluding carboxylic acids is 2. The molecular formula is C29H26FN5O4. The highest BCUT2D eigenvalue weighted by atomic mass is 19.1. The maximum atomic E-state index is 14.6. The van der Waals surface area contributed by atoms with E-state index in [0.29, 0.717) is 11.2 Å². The van der Waals surface area contributed by atoms with Crippen LogP contribution in [-0.4, -0.2) is 47.7 Å². The molecule has 0 unspecified atom stereocenters. The van der Waals surface area contributed by atoms with E-state index in [4.69, 9.17) is 0 Å². The standard InChI is InChI=1S/C29H26FN5O4/c1-34-24(9-11-32-34)19-10-12-35-25(16-31-27(35)15-19)29(39)33-23-13-20(7-8-22(23)30)26(37)14-21(17-36)28(38)18-5-3-2-4-6-18/h2-13,15-16,21,28,36,38H,14,17H2,1H3,(H,33,39)/t21-,28-/m1/s1. The van der Waals surface area contributed by atoms with Gasteiger partial charge < -0.3 is 15.5 Å². The van der Waals surface area contributed by atoms with E-state index in [1.807, 2.05) is 25.2 Å². The molecule has 5 aromatic rings. The number of aromatic nitrogens is 4. The fraction of sp³-hybridized carbons (Fsp3) is 0.172. The number of benzene rings is 2. The summed E-state index contributed by atoms with van der Waals surface area (Å²) in [6.07, 6.45) is 3.56. The number of aliphatic hydroxyl groups is 2. The third-order valence-corrected chi connectivity index (χ3v) is 6.67. The Kier molecular flexibility index (Phi) is 7.31. The number of aliphatic hydroxyl groups excluding tert-OH is 2. The van der Waals surface area contributed by atoms with Gasteiger partial charge in [0.1, 0.15) is 17.2 Å². The largest absolute Gasteiger partial charge is 0.396 e. The molecule has 0 fully saturated rings. The Morgan fingerprint density at radius 1 is 1.08 bits per heavy atom. The predicted molar refractivity (Wildman–Crippen MR) is 143 cm³/mol. The summed E-state index contributed by atoms with van der Waals surface area (Å²) < 4.78 is 17.9. The summed E-state index contributed by atoms with van der Waals surface area (Å²) in [6, 6.07) is 17.9. The van der Waals surface area contributed by atoms with E-state index in [2.05, 4.69) is 15.4 Å². The van der Waals surface area contributed by atoms with Crippen molar-refractivity contribution in [3.05, 3.63) is 108 Å². The van der Waals surface area contributed by atoms with Crippen LogP contribution in [0.3, 0.4) is 0 Å². The normalized spacial score (nSPS) is 12.8. The second kappa shape index (κ2) is 11.0. The molecule has 0 spiro atoms. The van der Waals surface area contributed by atoms with Gasteiger partial charge >= 0.3 is 0 Å². The number of rotatable bonds is 9. The van der Waals surface area contributed by atoms with Gasteiger partial charge in [0.25, 0.3) is 5.91 Å². The van der Waals surface area contributed by atoms with Crippen molar-refractivity contribution >= 4 is 23.0 Å². The summed E-state index contributed by atoms with van der Waals surface area (Å²) in [5, 5.41) is 27.1. The van der Waals surface area contributed by atoms with Gasteiger partial charge in [-0.1, -0.05) is 30.3 Å². The van der Waals surface area contributed by atoms with Crippen LogP contribution in [0.25, 0.3) is 16.9 Å². The summed E-state index contributed by atoms with van der Waals surface area (Å²) >= 11 is 0. The number of carbonyl (C=O) groups is 2. The number of amides is 1. The van der Waals surface area contributed by atoms with Crippen LogP contribution >= 0.6 is 0 Å². The minimum Gasteiger partial charge on any atom is -0.396 e. The molecule has 0 saturated heterocycles. The lowest BCUT2D eigenvalue weighted by Gasteiger charge is -2.21. The third-order valence-electron chi connectivity index (χ3n) is 6.67. The number of pyridine rings is 1. The van der Waals surface area contributed by atoms with Gasteiger partial charge in [-0.25, -0.2) is 9.37 Å². The van der Waals surface area contributed by atoms with Gasteiger partial charge in [-0.2, -0.15) is 5.10 Å². The molecule has 3 N–H and O–H groups in total. The van der Waals surface area contributed by atoms with Crippen LogP contribution in [0.15, 0.2) is 85.3 Å². The van der Waals surface area contributed by atoms with Crippen molar-refractivity contribution in [1.29, 1.82) is 0 Å². The van der Waals surface area contributed by atoms with E-state index in [-0.39, 0.29) is 23.4 Å². The van der Waals surface area contributed by atoms with Crippen molar-refractivity contribution in [3.8, 4) is 11.3 Å². The number of nitrogens with one attached hydrogen (secondary N) is 1. The lowest BCUT2D eigenvalue weighted by molar-refractivity contribution is 0.0552. The summed E-state index contributed by atoms with van der Waals surface area (Å²) in [7, 11) is 1.83. The summed E-state index contributed by atoms with van der Waals surface area (Å²) in [6.45, 7) is -0.414. The zero-order valence-corrected chi connectivity index (χ0v) is 21.0. The molecule has 0 aliphatic carbocycles. The van der Waals surface area contributed by atoms with E-state index < -0.39 is 36.1 Å². The molecule has 2 aromatic carbocycles. The van der Waals surface area contributed by atoms with E-state index >= 15 is 0 Å². The monoisotopic (exact) mass is 527 g/mol. The van der Waals surface area contributed by atoms with Crippen molar-refractivity contribution in [1.82, 2.24) is 19.2 Å². The number of nitrogens with zero attached hydrogens (tertiary/aromatic N) is 4. The Morgan fingerprint density at radius 3 is 2.59 bits per heavy atom. The molecule has 0 bridgehead atoms. The lowest BCUT2D eigenvalue weighted by atomic mass is 9.90. The molecule has 0 aliphatic heterocycles. The highest BCUT2D eigenvalue weighted by molar-refractivity contribution is 6.05. The minimum absolute atomic E-state index is 0.143. The molecule has 1 amide bonds. The molecule has 5 rings (SSSR count). The van der Waals surface area contributed by atoms with E-state index in [1.165, 1.54) is 18.3 Å². The fourth-order valence-corrected chi connectivity index (χ4v) is 4.50. The Hall–Kier alpha value is -4.67. The van der Waals surface area contributed by atoms with Crippen LogP contribution in [-0.2, 0) is 7.05 Å². The number of halogens is 1. The van der Waals surface area contributed by atoms with Crippen molar-refractivity contribution in [2.45, 2.75) is 12.5 Å². The van der Waals surface area contributed by atoms with Gasteiger partial charge in [-0.3, -0.25) is 18.7 Å². The molecular weight excluding hydrogens is 501 g/mol. The molecule has 10 heteroatoms. The highest BCUT2D eigenvalue weighted by Gasteiger charge is 2.24. The number of hydrogen-bond acceptors (Lipinski definition) is 6. The van der Waals surface area contributed by atoms with Gasteiger partial charge in [0.15, 0.2) is 5.78 Å². The summed E-state index contributed by atoms with van der Waals surface area (Å²) in [5.74, 6) is -2.48. The van der Waals surface area contributed by atoms with Crippen molar-refractivity contribution < 1.29 is 24.2 Å². The molecule has 3 aromatic heterocycles. The number of anilines is 1. The Balaban J connectivity index is 1.33. The SMILES string of the molecule is Cn1nccc1-c1ccn2c(C(=O)Nc3cc(C(=O)C[C@H](CO)[C@H](O)c4ccccc4)ccc3F)cnc2c1. The van der Waals surface area contributed by atoms with Gasteiger partial charge in [0.2, 0.25) is 0 Å². The van der Waals surface area contributed by atoms with Crippen LogP contribution < -0.4 is 5.32 Å². The van der Waals surface area contributed by atoms with E-state index in [0.717, 1.165) is 17.3 Å². The van der Waals surface area contributed by atoms with Crippen LogP contribution in [0.4, 0.5) is 10.1 Å². The molecule has 9 nitrogen and oxygen atoms in total. The minimum atomic E-state index is -1.05. The summed E-state index contributed by atoms with van der Waals surface area (Å²) in [4.78, 5) is 30.3. The maximum absolute atomic E-state index is 14.6. The average molecular weight is 528 g/mol. The van der Waals surface area contributed by atoms with Crippen LogP contribution in [0.5, 0.6) is 0 Å². The Labute approximate surface area is 223 Å². The number of Topliss-reactive ketones (excluding diaryl/α,β-unsaturated/α-hetero) is 1. The van der Waals surface area contributed by atoms with Gasteiger partial charge in [0, 0.05) is 49.5 Å². The predicted octanol–water partition coefficient (Wildman–Crippen LogP) is 4.04. The molecule has 2 atom stereocenters. The number of aryl methyl sites for hydroxylation is 1. The topological polar surface area (TPSA) is 122 Å². The maximum Gasteiger partial charge on any atom is 0.274 e. The van der Waals surface area contributed by atoms with Gasteiger partial charge in [-0.15, -0.1) is 0 Å². The molecule has 0 aliphatic rings. The Bertz CT molecular complexity index is 1650. The van der Waals surface area contributed by atoms with Crippen LogP contribution in [0.1, 0.15) is 38.9 Å². The van der Waals surface area contributed by atoms with Crippen LogP contribution in [0, 0.1) is 11.7 Å². The lowest BCUT2D eigenvalue weighted by Crippen LogP contribution is -2.21. The second-order valence-corrected chi connectivity index (χ2v) is 9.20. The first-order valence-corrected chi connectivity index (χ1v) is 12.3. The van der Waals surface area contributed by atoms with Crippen LogP contribution in [0.2, 0.25) is 0 Å². The smallest absolute Gasteiger partial charge is 0.274 e. The highest BCUT2D eigenvalue weighted by Crippen LogP contribution is 2.27. The molecule has 198 valence electrons. The zero-order chi connectivity index (χ0) is 27.5. The third kappa shape index (κ3) is 5.33. The molecule has 0 radical (unpaired) electrons. The van der Waals surface area contributed by atoms with E-state index in [1.54, 1.807) is 51.8 Å². The summed E-state index contributed by atoms with van der Waals surface area (Å²) in [5.41, 5.74) is 3.02. The second-order valence-electron chi connectivity index (χ2n) is 9.20. The van der Waals surface area contributed by atoms with Gasteiger partial charge in [0.05, 0.1) is 23.7 Å². The zero-order valence-electron chi connectivity index (χ0n) is 21.0. The first kappa shape index (κ1) is 26.0. The Morgan fingerprint density at radius 2 is 1.87 bits per heavy atom. The number of imidazole rings is 1. The average Bonchev–Trinajstić information content (AvgIpc) is 3.58. The molecule has 39 heavy (non-hydrogen) atoms. The molecule has 3 heterocycles. The number of fused-ring (bicyclic) bond motifs is 1.